The third-order valence-corrected chi connectivity index (χ3v) is 6.40. The number of pyridine rings is 1. The molecule has 1 atom stereocenters. The van der Waals surface area contributed by atoms with E-state index in [9.17, 15) is 23.2 Å². The molecule has 5 rings (SSSR count). The van der Waals surface area contributed by atoms with Crippen LogP contribution in [-0.4, -0.2) is 20.9 Å². The minimum atomic E-state index is -4.26. The summed E-state index contributed by atoms with van der Waals surface area (Å²) in [5.41, 5.74) is -0.625. The summed E-state index contributed by atoms with van der Waals surface area (Å²) in [6.45, 7) is 0. The van der Waals surface area contributed by atoms with Crippen LogP contribution in [0.2, 0.25) is 0 Å². The first kappa shape index (κ1) is 19.7. The maximum Gasteiger partial charge on any atom is 0.398 e. The summed E-state index contributed by atoms with van der Waals surface area (Å²) in [5.74, 6) is 0.677. The molecule has 0 radical (unpaired) electrons. The van der Waals surface area contributed by atoms with E-state index in [1.54, 1.807) is 29.1 Å². The van der Waals surface area contributed by atoms with Gasteiger partial charge in [0.05, 0.1) is 29.5 Å². The Balaban J connectivity index is 1.50. The Kier molecular flexibility index (Phi) is 4.36. The Morgan fingerprint density at radius 3 is 2.55 bits per heavy atom. The van der Waals surface area contributed by atoms with Gasteiger partial charge in [-0.25, -0.2) is 0 Å². The first-order valence-corrected chi connectivity index (χ1v) is 10.3. The zero-order chi connectivity index (χ0) is 21.8. The number of aromatic amines is 1. The van der Waals surface area contributed by atoms with Crippen LogP contribution in [0.1, 0.15) is 43.7 Å². The average Bonchev–Trinajstić information content (AvgIpc) is 3.64. The zero-order valence-corrected chi connectivity index (χ0v) is 16.5. The van der Waals surface area contributed by atoms with E-state index < -0.39 is 11.6 Å². The summed E-state index contributed by atoms with van der Waals surface area (Å²) >= 11 is 0. The predicted octanol–water partition coefficient (Wildman–Crippen LogP) is 4.93. The highest BCUT2D eigenvalue weighted by Crippen LogP contribution is 2.58. The molecule has 2 saturated carbocycles. The fourth-order valence-corrected chi connectivity index (χ4v) is 4.34. The van der Waals surface area contributed by atoms with Gasteiger partial charge in [-0.1, -0.05) is 12.1 Å². The van der Waals surface area contributed by atoms with Crippen molar-refractivity contribution in [3.05, 3.63) is 52.4 Å². The maximum absolute atomic E-state index is 13.4. The number of anilines is 2. The Hall–Kier alpha value is -3.28. The summed E-state index contributed by atoms with van der Waals surface area (Å²) in [6.07, 6.45) is -0.177. The topological polar surface area (TPSA) is 86.5 Å². The Bertz CT molecular complexity index is 1230. The van der Waals surface area contributed by atoms with Gasteiger partial charge in [0.25, 0.3) is 5.56 Å². The third kappa shape index (κ3) is 3.26. The highest BCUT2D eigenvalue weighted by atomic mass is 19.4. The Labute approximate surface area is 175 Å². The van der Waals surface area contributed by atoms with Gasteiger partial charge in [-0.3, -0.25) is 9.48 Å². The molecule has 0 aliphatic heterocycles. The van der Waals surface area contributed by atoms with Crippen LogP contribution in [0.5, 0.6) is 0 Å². The molecule has 3 aromatic rings. The van der Waals surface area contributed by atoms with Crippen molar-refractivity contribution in [3.8, 4) is 6.07 Å². The zero-order valence-electron chi connectivity index (χ0n) is 16.5. The van der Waals surface area contributed by atoms with Crippen LogP contribution in [0.25, 0.3) is 10.9 Å². The number of halogens is 3. The summed E-state index contributed by atoms with van der Waals surface area (Å²) < 4.78 is 41.9. The van der Waals surface area contributed by atoms with E-state index in [0.717, 1.165) is 12.8 Å². The van der Waals surface area contributed by atoms with Crippen LogP contribution in [0.3, 0.4) is 0 Å². The van der Waals surface area contributed by atoms with E-state index in [-0.39, 0.29) is 30.0 Å². The van der Waals surface area contributed by atoms with Gasteiger partial charge in [-0.2, -0.15) is 23.5 Å². The van der Waals surface area contributed by atoms with E-state index in [1.165, 1.54) is 12.1 Å². The van der Waals surface area contributed by atoms with E-state index in [1.807, 2.05) is 0 Å². The van der Waals surface area contributed by atoms with Crippen LogP contribution in [-0.2, 0) is 5.41 Å². The van der Waals surface area contributed by atoms with Gasteiger partial charge in [-0.15, -0.1) is 0 Å². The number of nitrogens with zero attached hydrogens (tertiary/aromatic N) is 3. The molecule has 2 aliphatic rings. The molecule has 2 heterocycles. The number of benzene rings is 1. The minimum absolute atomic E-state index is 0.106. The lowest BCUT2D eigenvalue weighted by Gasteiger charge is -2.19. The van der Waals surface area contributed by atoms with Crippen molar-refractivity contribution in [1.82, 2.24) is 14.8 Å². The van der Waals surface area contributed by atoms with Crippen LogP contribution in [0.4, 0.5) is 24.7 Å². The Morgan fingerprint density at radius 1 is 1.26 bits per heavy atom. The number of fused-ring (bicyclic) bond motifs is 1. The first-order valence-electron chi connectivity index (χ1n) is 10.3. The molecule has 0 bridgehead atoms. The van der Waals surface area contributed by atoms with Crippen LogP contribution < -0.4 is 10.9 Å². The van der Waals surface area contributed by atoms with Crippen molar-refractivity contribution < 1.29 is 13.2 Å². The summed E-state index contributed by atoms with van der Waals surface area (Å²) in [7, 11) is 0. The lowest BCUT2D eigenvalue weighted by atomic mass is 9.95. The fourth-order valence-electron chi connectivity index (χ4n) is 4.34. The van der Waals surface area contributed by atoms with Gasteiger partial charge < -0.3 is 10.3 Å². The highest BCUT2D eigenvalue weighted by molar-refractivity contribution is 5.91. The Morgan fingerprint density at radius 2 is 1.97 bits per heavy atom. The monoisotopic (exact) mass is 427 g/mol. The molecule has 1 aromatic carbocycles. The van der Waals surface area contributed by atoms with E-state index in [2.05, 4.69) is 21.5 Å². The predicted molar refractivity (Wildman–Crippen MR) is 109 cm³/mol. The number of hydrogen-bond donors (Lipinski definition) is 2. The van der Waals surface area contributed by atoms with Crippen molar-refractivity contribution in [3.63, 3.8) is 0 Å². The van der Waals surface area contributed by atoms with Gasteiger partial charge in [0, 0.05) is 11.9 Å². The second-order valence-electron chi connectivity index (χ2n) is 8.41. The largest absolute Gasteiger partial charge is 0.398 e. The van der Waals surface area contributed by atoms with E-state index >= 15 is 0 Å². The number of aromatic nitrogens is 3. The smallest absolute Gasteiger partial charge is 0.338 e. The normalized spacial score (nSPS) is 18.5. The van der Waals surface area contributed by atoms with E-state index in [4.69, 9.17) is 0 Å². The van der Waals surface area contributed by atoms with Gasteiger partial charge in [0.15, 0.2) is 5.82 Å². The molecule has 0 amide bonds. The van der Waals surface area contributed by atoms with Crippen LogP contribution in [0.15, 0.2) is 41.3 Å². The maximum atomic E-state index is 13.4. The van der Waals surface area contributed by atoms with Gasteiger partial charge in [0.1, 0.15) is 5.39 Å². The van der Waals surface area contributed by atoms with Crippen molar-refractivity contribution in [1.29, 1.82) is 5.26 Å². The number of hydrogen-bond acceptors (Lipinski definition) is 4. The molecule has 1 unspecified atom stereocenters. The summed E-state index contributed by atoms with van der Waals surface area (Å²) in [4.78, 5) is 15.2. The van der Waals surface area contributed by atoms with Gasteiger partial charge in [-0.05, 0) is 55.4 Å². The lowest BCUT2D eigenvalue weighted by Crippen LogP contribution is -2.28. The summed E-state index contributed by atoms with van der Waals surface area (Å²) in [5, 5.41) is 17.3. The number of nitriles is 1. The van der Waals surface area contributed by atoms with Crippen molar-refractivity contribution in [2.75, 3.05) is 5.32 Å². The standard InChI is InChI=1S/C22H20F3N5O/c23-22(24,25)21(9-10-21)14-3-5-15(6-4-14)28-19-18-17(8-12-27-20(18)31)30(29-19)16(7-11-26)13-1-2-13/h3-6,8,12-13,16H,1-2,7,9-10H2,(H,27,31)(H,28,29). The summed E-state index contributed by atoms with van der Waals surface area (Å²) in [6, 6.07) is 9.97. The third-order valence-electron chi connectivity index (χ3n) is 6.40. The van der Waals surface area contributed by atoms with Crippen LogP contribution in [0, 0.1) is 17.2 Å². The van der Waals surface area contributed by atoms with Crippen molar-refractivity contribution >= 4 is 22.4 Å². The second-order valence-corrected chi connectivity index (χ2v) is 8.41. The number of nitrogens with one attached hydrogen (secondary N) is 2. The number of rotatable bonds is 6. The van der Waals surface area contributed by atoms with E-state index in [0.29, 0.717) is 34.7 Å². The molecule has 160 valence electrons. The molecule has 2 aromatic heterocycles. The number of alkyl halides is 3. The molecule has 9 heteroatoms. The molecule has 2 N–H and O–H groups in total. The number of H-pyrrole nitrogens is 1. The minimum Gasteiger partial charge on any atom is -0.338 e. The van der Waals surface area contributed by atoms with Gasteiger partial charge in [0.2, 0.25) is 0 Å². The second kappa shape index (κ2) is 6.87. The van der Waals surface area contributed by atoms with Crippen LogP contribution >= 0.6 is 0 Å². The van der Waals surface area contributed by atoms with Crippen molar-refractivity contribution in [2.24, 2.45) is 5.92 Å². The highest BCUT2D eigenvalue weighted by Gasteiger charge is 2.64. The molecule has 2 aliphatic carbocycles. The average molecular weight is 427 g/mol. The molecule has 6 nitrogen and oxygen atoms in total. The quantitative estimate of drug-likeness (QED) is 0.584. The molecule has 2 fully saturated rings. The molecular weight excluding hydrogens is 407 g/mol. The van der Waals surface area contributed by atoms with Gasteiger partial charge >= 0.3 is 6.18 Å². The molecule has 31 heavy (non-hydrogen) atoms. The lowest BCUT2D eigenvalue weighted by molar-refractivity contribution is -0.160. The molecule has 0 spiro atoms. The SMILES string of the molecule is N#CCC(C1CC1)n1nc(Nc2ccc(C3(C(F)(F)F)CC3)cc2)c2c(=O)[nH]ccc21. The molecular formula is C22H20F3N5O. The van der Waals surface area contributed by atoms with Crippen molar-refractivity contribution in [2.45, 2.75) is 49.7 Å². The first-order chi connectivity index (χ1) is 14.8. The fraction of sp³-hybridized carbons (Fsp3) is 0.409. The molecule has 0 saturated heterocycles.